The maximum atomic E-state index is 12.7. The van der Waals surface area contributed by atoms with Crippen molar-refractivity contribution in [3.63, 3.8) is 0 Å². The first-order chi connectivity index (χ1) is 15.6. The van der Waals surface area contributed by atoms with E-state index in [-0.39, 0.29) is 15.5 Å². The van der Waals surface area contributed by atoms with Crippen LogP contribution in [0.25, 0.3) is 0 Å². The molecule has 0 saturated heterocycles. The first kappa shape index (κ1) is 24.6. The van der Waals surface area contributed by atoms with Gasteiger partial charge >= 0.3 is 5.97 Å². The van der Waals surface area contributed by atoms with Gasteiger partial charge in [0.2, 0.25) is 0 Å². The number of benzene rings is 2. The van der Waals surface area contributed by atoms with Gasteiger partial charge in [0.25, 0.3) is 15.9 Å². The molecule has 0 aliphatic heterocycles. The molecule has 0 saturated carbocycles. The number of nitrogens with zero attached hydrogens (tertiary/aromatic N) is 1. The van der Waals surface area contributed by atoms with Crippen LogP contribution in [-0.4, -0.2) is 40.5 Å². The summed E-state index contributed by atoms with van der Waals surface area (Å²) in [6.45, 7) is 1.43. The summed E-state index contributed by atoms with van der Waals surface area (Å²) in [7, 11) is -0.139. The van der Waals surface area contributed by atoms with Gasteiger partial charge < -0.3 is 15.0 Å². The SMILES string of the molecule is CC(OC(=O)c1ccccc1NS(=O)(=O)c1ccc(Cl)s1)C(=O)Nc1ccc(N(C)C)cc1. The Hall–Kier alpha value is -3.08. The summed E-state index contributed by atoms with van der Waals surface area (Å²) in [4.78, 5) is 27.1. The van der Waals surface area contributed by atoms with Crippen molar-refractivity contribution in [2.45, 2.75) is 17.2 Å². The molecular weight excluding hydrogens is 486 g/mol. The minimum absolute atomic E-state index is 0.00343. The van der Waals surface area contributed by atoms with E-state index in [9.17, 15) is 18.0 Å². The van der Waals surface area contributed by atoms with E-state index < -0.39 is 28.0 Å². The van der Waals surface area contributed by atoms with Crippen LogP contribution in [0, 0.1) is 0 Å². The van der Waals surface area contributed by atoms with Crippen LogP contribution < -0.4 is 14.9 Å². The number of nitrogens with one attached hydrogen (secondary N) is 2. The summed E-state index contributed by atoms with van der Waals surface area (Å²) < 4.78 is 33.2. The summed E-state index contributed by atoms with van der Waals surface area (Å²) >= 11 is 6.72. The molecule has 1 unspecified atom stereocenters. The largest absolute Gasteiger partial charge is 0.449 e. The lowest BCUT2D eigenvalue weighted by molar-refractivity contribution is -0.123. The van der Waals surface area contributed by atoms with Gasteiger partial charge in [-0.2, -0.15) is 0 Å². The van der Waals surface area contributed by atoms with Crippen molar-refractivity contribution in [1.82, 2.24) is 0 Å². The van der Waals surface area contributed by atoms with Crippen molar-refractivity contribution in [3.05, 3.63) is 70.6 Å². The Bertz CT molecular complexity index is 1260. The van der Waals surface area contributed by atoms with Gasteiger partial charge in [0, 0.05) is 25.5 Å². The van der Waals surface area contributed by atoms with Crippen LogP contribution >= 0.6 is 22.9 Å². The Morgan fingerprint density at radius 1 is 1.03 bits per heavy atom. The lowest BCUT2D eigenvalue weighted by atomic mass is 10.2. The van der Waals surface area contributed by atoms with Crippen LogP contribution in [0.1, 0.15) is 17.3 Å². The summed E-state index contributed by atoms with van der Waals surface area (Å²) in [5.41, 5.74) is 1.52. The van der Waals surface area contributed by atoms with Crippen molar-refractivity contribution in [1.29, 1.82) is 0 Å². The number of hydrogen-bond acceptors (Lipinski definition) is 7. The van der Waals surface area contributed by atoms with Gasteiger partial charge in [0.05, 0.1) is 15.6 Å². The highest BCUT2D eigenvalue weighted by Crippen LogP contribution is 2.28. The number of halogens is 1. The zero-order chi connectivity index (χ0) is 24.2. The number of carbonyl (C=O) groups excluding carboxylic acids is 2. The van der Waals surface area contributed by atoms with Crippen molar-refractivity contribution in [2.24, 2.45) is 0 Å². The zero-order valence-electron chi connectivity index (χ0n) is 18.0. The van der Waals surface area contributed by atoms with Gasteiger partial charge in [-0.15, -0.1) is 11.3 Å². The van der Waals surface area contributed by atoms with E-state index in [1.807, 2.05) is 31.1 Å². The zero-order valence-corrected chi connectivity index (χ0v) is 20.4. The molecule has 0 bridgehead atoms. The number of carbonyl (C=O) groups is 2. The minimum Gasteiger partial charge on any atom is -0.449 e. The fourth-order valence-electron chi connectivity index (χ4n) is 2.75. The first-order valence-corrected chi connectivity index (χ1v) is 12.4. The number of esters is 1. The number of anilines is 3. The number of hydrogen-bond donors (Lipinski definition) is 2. The number of ether oxygens (including phenoxy) is 1. The number of thiophene rings is 1. The molecule has 0 spiro atoms. The summed E-state index contributed by atoms with van der Waals surface area (Å²) in [5, 5.41) is 2.68. The van der Waals surface area contributed by atoms with Crippen LogP contribution in [-0.2, 0) is 19.6 Å². The Kier molecular flexibility index (Phi) is 7.62. The van der Waals surface area contributed by atoms with Crippen LogP contribution in [0.2, 0.25) is 4.34 Å². The average molecular weight is 508 g/mol. The normalized spacial score (nSPS) is 12.0. The highest BCUT2D eigenvalue weighted by Gasteiger charge is 2.24. The van der Waals surface area contributed by atoms with Crippen LogP contribution in [0.15, 0.2) is 64.9 Å². The Labute approximate surface area is 201 Å². The van der Waals surface area contributed by atoms with Crippen molar-refractivity contribution < 1.29 is 22.7 Å². The van der Waals surface area contributed by atoms with E-state index in [0.717, 1.165) is 17.0 Å². The maximum absolute atomic E-state index is 12.7. The molecule has 8 nitrogen and oxygen atoms in total. The van der Waals surface area contributed by atoms with E-state index in [2.05, 4.69) is 10.0 Å². The second-order valence-electron chi connectivity index (χ2n) is 7.19. The van der Waals surface area contributed by atoms with Gasteiger partial charge in [-0.25, -0.2) is 13.2 Å². The molecule has 2 aromatic carbocycles. The van der Waals surface area contributed by atoms with E-state index in [1.54, 1.807) is 24.3 Å². The van der Waals surface area contributed by atoms with Gasteiger partial charge in [0.1, 0.15) is 4.21 Å². The highest BCUT2D eigenvalue weighted by molar-refractivity contribution is 7.94. The fourth-order valence-corrected chi connectivity index (χ4v) is 5.31. The summed E-state index contributed by atoms with van der Waals surface area (Å²) in [5.74, 6) is -1.37. The molecule has 0 aliphatic carbocycles. The fraction of sp³-hybridized carbons (Fsp3) is 0.182. The maximum Gasteiger partial charge on any atom is 0.341 e. The van der Waals surface area contributed by atoms with E-state index in [1.165, 1.54) is 31.2 Å². The number of sulfonamides is 1. The smallest absolute Gasteiger partial charge is 0.341 e. The standard InChI is InChI=1S/C22H22ClN3O5S2/c1-14(21(27)24-15-8-10-16(11-9-15)26(2)3)31-22(28)17-6-4-5-7-18(17)25-33(29,30)20-13-12-19(23)32-20/h4-14,25H,1-3H3,(H,24,27). The molecule has 1 aromatic heterocycles. The molecule has 11 heteroatoms. The molecular formula is C22H22ClN3O5S2. The van der Waals surface area contributed by atoms with E-state index in [0.29, 0.717) is 10.0 Å². The Balaban J connectivity index is 1.69. The monoisotopic (exact) mass is 507 g/mol. The van der Waals surface area contributed by atoms with Crippen molar-refractivity contribution >= 4 is 61.9 Å². The molecule has 1 amide bonds. The number of amides is 1. The lowest BCUT2D eigenvalue weighted by Gasteiger charge is -2.16. The molecule has 0 radical (unpaired) electrons. The Morgan fingerprint density at radius 2 is 1.70 bits per heavy atom. The predicted molar refractivity (Wildman–Crippen MR) is 131 cm³/mol. The number of rotatable bonds is 8. The third-order valence-corrected chi connectivity index (χ3v) is 7.60. The molecule has 0 aliphatic rings. The van der Waals surface area contributed by atoms with Gasteiger partial charge in [0.15, 0.2) is 6.10 Å². The quantitative estimate of drug-likeness (QED) is 0.436. The molecule has 1 heterocycles. The van der Waals surface area contributed by atoms with Gasteiger partial charge in [-0.3, -0.25) is 9.52 Å². The van der Waals surface area contributed by atoms with E-state index >= 15 is 0 Å². The summed E-state index contributed by atoms with van der Waals surface area (Å²) in [6, 6.07) is 16.0. The molecule has 3 aromatic rings. The second kappa shape index (κ2) is 10.2. The van der Waals surface area contributed by atoms with Crippen LogP contribution in [0.5, 0.6) is 0 Å². The van der Waals surface area contributed by atoms with Crippen molar-refractivity contribution in [3.8, 4) is 0 Å². The topological polar surface area (TPSA) is 105 Å². The van der Waals surface area contributed by atoms with Crippen LogP contribution in [0.4, 0.5) is 17.1 Å². The first-order valence-electron chi connectivity index (χ1n) is 9.73. The highest BCUT2D eigenvalue weighted by atomic mass is 35.5. The third-order valence-electron chi connectivity index (χ3n) is 4.51. The lowest BCUT2D eigenvalue weighted by Crippen LogP contribution is -2.30. The molecule has 2 N–H and O–H groups in total. The molecule has 1 atom stereocenters. The molecule has 33 heavy (non-hydrogen) atoms. The molecule has 0 fully saturated rings. The van der Waals surface area contributed by atoms with Gasteiger partial charge in [-0.05, 0) is 55.5 Å². The average Bonchev–Trinajstić information content (AvgIpc) is 3.21. The predicted octanol–water partition coefficient (Wildman–Crippen LogP) is 4.45. The van der Waals surface area contributed by atoms with Crippen molar-refractivity contribution in [2.75, 3.05) is 29.0 Å². The van der Waals surface area contributed by atoms with Gasteiger partial charge in [-0.1, -0.05) is 23.7 Å². The Morgan fingerprint density at radius 3 is 2.30 bits per heavy atom. The second-order valence-corrected chi connectivity index (χ2v) is 10.8. The number of para-hydroxylation sites is 1. The minimum atomic E-state index is -3.95. The molecule has 3 rings (SSSR count). The van der Waals surface area contributed by atoms with Crippen LogP contribution in [0.3, 0.4) is 0 Å². The third kappa shape index (κ3) is 6.25. The summed E-state index contributed by atoms with van der Waals surface area (Å²) in [6.07, 6.45) is -1.12. The molecule has 174 valence electrons. The van der Waals surface area contributed by atoms with E-state index in [4.69, 9.17) is 16.3 Å².